The summed E-state index contributed by atoms with van der Waals surface area (Å²) in [5.41, 5.74) is 0.230. The molecular formula is C14H16N4O4S3. The van der Waals surface area contributed by atoms with E-state index in [9.17, 15) is 13.2 Å². The first-order chi connectivity index (χ1) is 12.0. The molecule has 0 bridgehead atoms. The summed E-state index contributed by atoms with van der Waals surface area (Å²) in [6.45, 7) is 1.29. The van der Waals surface area contributed by atoms with Crippen molar-refractivity contribution in [3.63, 3.8) is 0 Å². The Morgan fingerprint density at radius 2 is 2.12 bits per heavy atom. The lowest BCUT2D eigenvalue weighted by molar-refractivity contribution is 0.0876. The van der Waals surface area contributed by atoms with E-state index in [1.54, 1.807) is 19.2 Å². The maximum atomic E-state index is 12.4. The molecule has 11 heteroatoms. The second-order valence-corrected chi connectivity index (χ2v) is 9.17. The maximum absolute atomic E-state index is 12.4. The Balaban J connectivity index is 1.57. The molecule has 0 aliphatic carbocycles. The number of rotatable bonds is 8. The average molecular weight is 401 g/mol. The van der Waals surface area contributed by atoms with Gasteiger partial charge in [0.1, 0.15) is 4.90 Å². The third kappa shape index (κ3) is 3.78. The predicted octanol–water partition coefficient (Wildman–Crippen LogP) is 1.53. The number of carbonyl (C=O) groups is 1. The minimum Gasteiger partial charge on any atom is -0.383 e. The van der Waals surface area contributed by atoms with Gasteiger partial charge in [0.2, 0.25) is 5.13 Å². The highest BCUT2D eigenvalue weighted by Gasteiger charge is 2.40. The van der Waals surface area contributed by atoms with Crippen LogP contribution in [0.5, 0.6) is 0 Å². The molecule has 1 aromatic heterocycles. The molecule has 3 rings (SSSR count). The van der Waals surface area contributed by atoms with Crippen LogP contribution in [0.4, 0.5) is 5.13 Å². The first-order valence-electron chi connectivity index (χ1n) is 7.39. The lowest BCUT2D eigenvalue weighted by Gasteiger charge is -2.13. The number of methoxy groups -OCH3 is 1. The largest absolute Gasteiger partial charge is 0.383 e. The standard InChI is InChI=1S/C14H16N4O4S3/c1-22-8-6-15-13-16-17-14(24-13)23-9-7-18-12(19)10-4-2-3-5-11(10)25(18,20)21/h2-5H,6-9H2,1H3,(H,15,16). The molecule has 25 heavy (non-hydrogen) atoms. The summed E-state index contributed by atoms with van der Waals surface area (Å²) in [6.07, 6.45) is 0. The molecule has 1 aliphatic rings. The van der Waals surface area contributed by atoms with Crippen molar-refractivity contribution in [3.05, 3.63) is 29.8 Å². The number of aromatic nitrogens is 2. The predicted molar refractivity (Wildman–Crippen MR) is 95.7 cm³/mol. The van der Waals surface area contributed by atoms with Crippen LogP contribution in [0.25, 0.3) is 0 Å². The summed E-state index contributed by atoms with van der Waals surface area (Å²) in [5.74, 6) is -0.0681. The Hall–Kier alpha value is -1.69. The van der Waals surface area contributed by atoms with Crippen LogP contribution in [-0.4, -0.2) is 61.4 Å². The number of ether oxygens (including phenoxy) is 1. The van der Waals surface area contributed by atoms with Gasteiger partial charge >= 0.3 is 0 Å². The highest BCUT2D eigenvalue weighted by Crippen LogP contribution is 2.31. The van der Waals surface area contributed by atoms with Crippen LogP contribution in [-0.2, 0) is 14.8 Å². The van der Waals surface area contributed by atoms with Crippen molar-refractivity contribution >= 4 is 44.2 Å². The second-order valence-electron chi connectivity index (χ2n) is 5.02. The quantitative estimate of drug-likeness (QED) is 0.526. The Morgan fingerprint density at radius 3 is 2.88 bits per heavy atom. The Bertz CT molecular complexity index is 868. The highest BCUT2D eigenvalue weighted by atomic mass is 32.2. The minimum absolute atomic E-state index is 0.0746. The fourth-order valence-electron chi connectivity index (χ4n) is 2.27. The van der Waals surface area contributed by atoms with E-state index in [4.69, 9.17) is 4.74 Å². The van der Waals surface area contributed by atoms with Crippen LogP contribution in [0.1, 0.15) is 10.4 Å². The first kappa shape index (κ1) is 18.1. The third-order valence-electron chi connectivity index (χ3n) is 3.42. The van der Waals surface area contributed by atoms with Gasteiger partial charge in [-0.05, 0) is 12.1 Å². The number of amides is 1. The number of hydrogen-bond donors (Lipinski definition) is 1. The lowest BCUT2D eigenvalue weighted by Crippen LogP contribution is -2.32. The molecule has 0 saturated carbocycles. The average Bonchev–Trinajstić information content (AvgIpc) is 3.12. The van der Waals surface area contributed by atoms with Crippen LogP contribution in [0.2, 0.25) is 0 Å². The molecule has 8 nitrogen and oxygen atoms in total. The van der Waals surface area contributed by atoms with Crippen LogP contribution >= 0.6 is 23.1 Å². The summed E-state index contributed by atoms with van der Waals surface area (Å²) < 4.78 is 31.4. The molecule has 1 amide bonds. The zero-order chi connectivity index (χ0) is 17.9. The zero-order valence-corrected chi connectivity index (χ0v) is 15.8. The Labute approximate surface area is 153 Å². The molecule has 0 atom stereocenters. The van der Waals surface area contributed by atoms with Crippen LogP contribution < -0.4 is 5.32 Å². The van der Waals surface area contributed by atoms with Gasteiger partial charge in [0.15, 0.2) is 4.34 Å². The number of carbonyl (C=O) groups excluding carboxylic acids is 1. The molecule has 2 aromatic rings. The van der Waals surface area contributed by atoms with Gasteiger partial charge < -0.3 is 10.1 Å². The van der Waals surface area contributed by atoms with E-state index in [0.29, 0.717) is 28.4 Å². The van der Waals surface area contributed by atoms with Gasteiger partial charge in [0, 0.05) is 26.0 Å². The SMILES string of the molecule is COCCNc1nnc(SCCN2C(=O)c3ccccc3S2(=O)=O)s1. The van der Waals surface area contributed by atoms with Crippen molar-refractivity contribution in [2.45, 2.75) is 9.24 Å². The minimum atomic E-state index is -3.75. The van der Waals surface area contributed by atoms with E-state index in [0.717, 1.165) is 4.31 Å². The molecule has 0 saturated heterocycles. The van der Waals surface area contributed by atoms with Crippen molar-refractivity contribution in [1.82, 2.24) is 14.5 Å². The first-order valence-corrected chi connectivity index (χ1v) is 10.6. The fraction of sp³-hybridized carbons (Fsp3) is 0.357. The normalized spacial score (nSPS) is 15.4. The van der Waals surface area contributed by atoms with Crippen molar-refractivity contribution in [3.8, 4) is 0 Å². The lowest BCUT2D eigenvalue weighted by atomic mass is 10.2. The summed E-state index contributed by atoms with van der Waals surface area (Å²) in [7, 11) is -2.13. The summed E-state index contributed by atoms with van der Waals surface area (Å²) in [6, 6.07) is 6.26. The fourth-order valence-corrected chi connectivity index (χ4v) is 5.73. The number of nitrogens with one attached hydrogen (secondary N) is 1. The molecule has 2 heterocycles. The van der Waals surface area contributed by atoms with E-state index >= 15 is 0 Å². The van der Waals surface area contributed by atoms with Crippen molar-refractivity contribution in [1.29, 1.82) is 0 Å². The summed E-state index contributed by atoms with van der Waals surface area (Å²) in [4.78, 5) is 12.4. The molecule has 134 valence electrons. The smallest absolute Gasteiger partial charge is 0.269 e. The highest BCUT2D eigenvalue weighted by molar-refractivity contribution is 8.01. The van der Waals surface area contributed by atoms with Crippen LogP contribution in [0.15, 0.2) is 33.5 Å². The number of anilines is 1. The zero-order valence-electron chi connectivity index (χ0n) is 13.3. The Kier molecular flexibility index (Phi) is 5.57. The van der Waals surface area contributed by atoms with E-state index in [-0.39, 0.29) is 17.0 Å². The summed E-state index contributed by atoms with van der Waals surface area (Å²) in [5, 5.41) is 11.8. The monoisotopic (exact) mass is 400 g/mol. The maximum Gasteiger partial charge on any atom is 0.269 e. The van der Waals surface area contributed by atoms with Crippen molar-refractivity contribution in [2.24, 2.45) is 0 Å². The number of fused-ring (bicyclic) bond motifs is 1. The molecule has 0 radical (unpaired) electrons. The number of nitrogens with zero attached hydrogens (tertiary/aromatic N) is 3. The number of thioether (sulfide) groups is 1. The number of benzene rings is 1. The van der Waals surface area contributed by atoms with Crippen LogP contribution in [0, 0.1) is 0 Å². The second kappa shape index (κ2) is 7.68. The van der Waals surface area contributed by atoms with E-state index in [1.807, 2.05) is 0 Å². The Morgan fingerprint density at radius 1 is 1.32 bits per heavy atom. The van der Waals surface area contributed by atoms with Gasteiger partial charge in [-0.3, -0.25) is 4.79 Å². The van der Waals surface area contributed by atoms with Gasteiger partial charge in [-0.2, -0.15) is 0 Å². The van der Waals surface area contributed by atoms with Crippen LogP contribution in [0.3, 0.4) is 0 Å². The number of hydrogen-bond acceptors (Lipinski definition) is 9. The van der Waals surface area contributed by atoms with Gasteiger partial charge in [-0.15, -0.1) is 10.2 Å². The molecule has 1 N–H and O–H groups in total. The molecule has 1 aliphatic heterocycles. The molecule has 0 spiro atoms. The summed E-state index contributed by atoms with van der Waals surface area (Å²) >= 11 is 2.74. The topological polar surface area (TPSA) is 101 Å². The molecule has 1 aromatic carbocycles. The van der Waals surface area contributed by atoms with Gasteiger partial charge in [0.05, 0.1) is 12.2 Å². The van der Waals surface area contributed by atoms with Gasteiger partial charge in [-0.1, -0.05) is 35.2 Å². The molecular weight excluding hydrogens is 384 g/mol. The van der Waals surface area contributed by atoms with E-state index < -0.39 is 15.9 Å². The van der Waals surface area contributed by atoms with Crippen molar-refractivity contribution < 1.29 is 17.9 Å². The number of sulfonamides is 1. The molecule has 0 fully saturated rings. The van der Waals surface area contributed by atoms with Crippen molar-refractivity contribution in [2.75, 3.05) is 37.9 Å². The van der Waals surface area contributed by atoms with Gasteiger partial charge in [0.25, 0.3) is 15.9 Å². The van der Waals surface area contributed by atoms with E-state index in [2.05, 4.69) is 15.5 Å². The third-order valence-corrected chi connectivity index (χ3v) is 7.26. The van der Waals surface area contributed by atoms with E-state index in [1.165, 1.54) is 35.2 Å². The molecule has 0 unspecified atom stereocenters. The van der Waals surface area contributed by atoms with Gasteiger partial charge in [-0.25, -0.2) is 12.7 Å².